The van der Waals surface area contributed by atoms with Crippen molar-refractivity contribution in [3.05, 3.63) is 59.5 Å². The van der Waals surface area contributed by atoms with Gasteiger partial charge in [0, 0.05) is 23.1 Å². The minimum atomic E-state index is -1.19. The van der Waals surface area contributed by atoms with Crippen molar-refractivity contribution in [2.45, 2.75) is 57.9 Å². The Hall–Kier alpha value is -3.33. The van der Waals surface area contributed by atoms with E-state index >= 15 is 0 Å². The Morgan fingerprint density at radius 1 is 1.08 bits per heavy atom. The van der Waals surface area contributed by atoms with Gasteiger partial charge in [0.1, 0.15) is 18.1 Å². The number of ether oxygens (including phenoxy) is 1. The van der Waals surface area contributed by atoms with Crippen LogP contribution in [0.1, 0.15) is 51.9 Å². The topological polar surface area (TPSA) is 79.7 Å². The number of aliphatic carboxylic acids is 1. The fourth-order valence-corrected chi connectivity index (χ4v) is 4.67. The highest BCUT2D eigenvalue weighted by Crippen LogP contribution is 2.35. The average Bonchev–Trinajstić information content (AvgIpc) is 3.35. The maximum absolute atomic E-state index is 13.7. The highest BCUT2D eigenvalue weighted by atomic mass is 32.1. The van der Waals surface area contributed by atoms with Crippen LogP contribution in [0, 0.1) is 11.6 Å². The summed E-state index contributed by atoms with van der Waals surface area (Å²) in [6.07, 6.45) is 7.26. The van der Waals surface area contributed by atoms with Gasteiger partial charge in [-0.15, -0.1) is 11.3 Å². The van der Waals surface area contributed by atoms with Crippen LogP contribution in [0.2, 0.25) is 0 Å². The Morgan fingerprint density at radius 2 is 1.81 bits per heavy atom. The van der Waals surface area contributed by atoms with E-state index in [-0.39, 0.29) is 6.42 Å². The first-order valence-electron chi connectivity index (χ1n) is 12.0. The summed E-state index contributed by atoms with van der Waals surface area (Å²) in [6.45, 7) is 2.79. The molecule has 0 aliphatic rings. The van der Waals surface area contributed by atoms with Crippen LogP contribution in [0.5, 0.6) is 5.75 Å². The molecule has 0 spiro atoms. The molecule has 3 rings (SSSR count). The van der Waals surface area contributed by atoms with E-state index in [1.165, 1.54) is 36.6 Å². The molecule has 6 nitrogen and oxygen atoms in total. The lowest BCUT2D eigenvalue weighted by molar-refractivity contribution is -0.139. The summed E-state index contributed by atoms with van der Waals surface area (Å²) in [5, 5.41) is 11.8. The lowest BCUT2D eigenvalue weighted by atomic mass is 10.1. The quantitative estimate of drug-likeness (QED) is 0.173. The zero-order valence-electron chi connectivity index (χ0n) is 20.2. The smallest absolute Gasteiger partial charge is 0.327 e. The number of aromatic nitrogens is 1. The fourth-order valence-electron chi connectivity index (χ4n) is 3.77. The van der Waals surface area contributed by atoms with Gasteiger partial charge in [-0.25, -0.2) is 18.6 Å². The monoisotopic (exact) mass is 516 g/mol. The molecule has 9 heteroatoms. The molecular formula is C27H30F2N2O4S. The molecule has 0 aliphatic heterocycles. The number of aldehydes is 1. The second-order valence-electron chi connectivity index (χ2n) is 8.38. The third kappa shape index (κ3) is 7.34. The molecule has 0 aliphatic carbocycles. The number of hydrogen-bond donors (Lipinski definition) is 1. The van der Waals surface area contributed by atoms with Gasteiger partial charge in [0.25, 0.3) is 0 Å². The molecule has 0 saturated heterocycles. The molecule has 0 amide bonds. The van der Waals surface area contributed by atoms with Crippen LogP contribution in [-0.4, -0.2) is 35.0 Å². The number of carboxylic acid groups (broad SMARTS) is 1. The highest BCUT2D eigenvalue weighted by Gasteiger charge is 2.29. The maximum atomic E-state index is 13.7. The summed E-state index contributed by atoms with van der Waals surface area (Å²) in [7, 11) is 0. The minimum absolute atomic E-state index is 0.258. The van der Waals surface area contributed by atoms with Crippen molar-refractivity contribution in [1.82, 2.24) is 4.98 Å². The van der Waals surface area contributed by atoms with Gasteiger partial charge in [-0.1, -0.05) is 39.0 Å². The molecule has 3 aromatic rings. The van der Waals surface area contributed by atoms with Gasteiger partial charge >= 0.3 is 5.97 Å². The number of thiazole rings is 1. The van der Waals surface area contributed by atoms with Crippen molar-refractivity contribution < 1.29 is 28.2 Å². The minimum Gasteiger partial charge on any atom is -0.494 e. The lowest BCUT2D eigenvalue weighted by Gasteiger charge is -2.27. The van der Waals surface area contributed by atoms with E-state index in [0.29, 0.717) is 40.7 Å². The molecule has 0 bridgehead atoms. The van der Waals surface area contributed by atoms with Gasteiger partial charge < -0.3 is 19.5 Å². The maximum Gasteiger partial charge on any atom is 0.327 e. The standard InChI is InChI=1S/C27H30F2N2O4S/c1-2-3-4-5-6-7-16-35-21-11-9-20(10-12-21)31(25(14-15-32)26(33)34)27-30-24(18-36-27)19-8-13-22(28)23(29)17-19/h8-13,15,17-18,25H,2-7,14,16H2,1H3,(H,33,34). The summed E-state index contributed by atoms with van der Waals surface area (Å²) in [5.41, 5.74) is 1.24. The van der Waals surface area contributed by atoms with Crippen molar-refractivity contribution in [3.63, 3.8) is 0 Å². The predicted octanol–water partition coefficient (Wildman–Crippen LogP) is 7.01. The summed E-state index contributed by atoms with van der Waals surface area (Å²) in [6, 6.07) is 9.20. The van der Waals surface area contributed by atoms with Crippen molar-refractivity contribution in [1.29, 1.82) is 0 Å². The molecular weight excluding hydrogens is 486 g/mol. The third-order valence-corrected chi connectivity index (χ3v) is 6.55. The first-order chi connectivity index (χ1) is 17.4. The van der Waals surface area contributed by atoms with Crippen LogP contribution in [0.25, 0.3) is 11.3 Å². The van der Waals surface area contributed by atoms with Crippen LogP contribution in [0.4, 0.5) is 19.6 Å². The van der Waals surface area contributed by atoms with E-state index in [0.717, 1.165) is 36.3 Å². The third-order valence-electron chi connectivity index (χ3n) is 5.71. The molecule has 0 saturated carbocycles. The molecule has 36 heavy (non-hydrogen) atoms. The van der Waals surface area contributed by atoms with E-state index in [9.17, 15) is 23.5 Å². The summed E-state index contributed by atoms with van der Waals surface area (Å²) >= 11 is 1.15. The van der Waals surface area contributed by atoms with Crippen molar-refractivity contribution in [2.75, 3.05) is 11.5 Å². The zero-order chi connectivity index (χ0) is 25.9. The average molecular weight is 517 g/mol. The van der Waals surface area contributed by atoms with Crippen molar-refractivity contribution >= 4 is 34.4 Å². The normalized spacial score (nSPS) is 11.8. The lowest BCUT2D eigenvalue weighted by Crippen LogP contribution is -2.38. The van der Waals surface area contributed by atoms with E-state index < -0.39 is 23.6 Å². The van der Waals surface area contributed by atoms with Gasteiger partial charge in [0.15, 0.2) is 16.8 Å². The summed E-state index contributed by atoms with van der Waals surface area (Å²) in [5.74, 6) is -2.49. The Morgan fingerprint density at radius 3 is 2.47 bits per heavy atom. The second kappa shape index (κ2) is 13.7. The van der Waals surface area contributed by atoms with E-state index in [2.05, 4.69) is 11.9 Å². The fraction of sp³-hybridized carbons (Fsp3) is 0.370. The van der Waals surface area contributed by atoms with E-state index in [1.807, 2.05) is 0 Å². The Labute approximate surface area is 213 Å². The Bertz CT molecular complexity index is 1140. The van der Waals surface area contributed by atoms with Gasteiger partial charge in [0.05, 0.1) is 12.3 Å². The molecule has 1 N–H and O–H groups in total. The first-order valence-corrected chi connectivity index (χ1v) is 12.9. The van der Waals surface area contributed by atoms with Crippen LogP contribution < -0.4 is 9.64 Å². The first kappa shape index (κ1) is 27.3. The summed E-state index contributed by atoms with van der Waals surface area (Å²) < 4.78 is 32.9. The predicted molar refractivity (Wildman–Crippen MR) is 137 cm³/mol. The van der Waals surface area contributed by atoms with Crippen LogP contribution in [-0.2, 0) is 9.59 Å². The van der Waals surface area contributed by atoms with Crippen LogP contribution in [0.15, 0.2) is 47.8 Å². The number of benzene rings is 2. The van der Waals surface area contributed by atoms with E-state index in [1.54, 1.807) is 29.6 Å². The van der Waals surface area contributed by atoms with Gasteiger partial charge in [0.2, 0.25) is 0 Å². The molecule has 0 radical (unpaired) electrons. The zero-order valence-corrected chi connectivity index (χ0v) is 21.0. The van der Waals surface area contributed by atoms with Crippen LogP contribution in [0.3, 0.4) is 0 Å². The van der Waals surface area contributed by atoms with Gasteiger partial charge in [-0.2, -0.15) is 0 Å². The number of carbonyl (C=O) groups excluding carboxylic acids is 1. The Kier molecular flexibility index (Phi) is 10.4. The molecule has 1 atom stereocenters. The SMILES string of the molecule is CCCCCCCCOc1ccc(N(c2nc(-c3ccc(F)c(F)c3)cs2)C(CC=O)C(=O)O)cc1. The molecule has 2 aromatic carbocycles. The van der Waals surface area contributed by atoms with Gasteiger partial charge in [-0.3, -0.25) is 0 Å². The molecule has 0 fully saturated rings. The number of rotatable bonds is 15. The van der Waals surface area contributed by atoms with Crippen LogP contribution >= 0.6 is 11.3 Å². The number of nitrogens with zero attached hydrogens (tertiary/aromatic N) is 2. The van der Waals surface area contributed by atoms with Gasteiger partial charge in [-0.05, 0) is 48.9 Å². The molecule has 192 valence electrons. The number of carboxylic acids is 1. The summed E-state index contributed by atoms with van der Waals surface area (Å²) in [4.78, 5) is 29.2. The van der Waals surface area contributed by atoms with Crippen molar-refractivity contribution in [3.8, 4) is 17.0 Å². The highest BCUT2D eigenvalue weighted by molar-refractivity contribution is 7.14. The largest absolute Gasteiger partial charge is 0.494 e. The van der Waals surface area contributed by atoms with E-state index in [4.69, 9.17) is 4.74 Å². The molecule has 1 unspecified atom stereocenters. The Balaban J connectivity index is 1.78. The number of carbonyl (C=O) groups is 2. The number of halogens is 2. The molecule has 1 aromatic heterocycles. The molecule has 1 heterocycles. The van der Waals surface area contributed by atoms with Crippen molar-refractivity contribution in [2.24, 2.45) is 0 Å². The number of hydrogen-bond acceptors (Lipinski definition) is 6. The number of anilines is 2. The second-order valence-corrected chi connectivity index (χ2v) is 9.22. The number of unbranched alkanes of at least 4 members (excludes halogenated alkanes) is 5.